The third-order valence-corrected chi connectivity index (χ3v) is 1.68. The molecule has 0 aromatic heterocycles. The Morgan fingerprint density at radius 2 is 2.00 bits per heavy atom. The van der Waals surface area contributed by atoms with E-state index < -0.39 is 12.1 Å². The number of amides is 3. The lowest BCUT2D eigenvalue weighted by molar-refractivity contribution is -0.127. The number of nitrogens with two attached hydrogens (primary N) is 1. The topological polar surface area (TPSA) is 66.6 Å². The van der Waals surface area contributed by atoms with Gasteiger partial charge in [-0.25, -0.2) is 10.6 Å². The molecule has 0 saturated carbocycles. The lowest BCUT2D eigenvalue weighted by atomic mass is 10.3. The summed E-state index contributed by atoms with van der Waals surface area (Å²) in [5, 5.41) is 0.630. The van der Waals surface area contributed by atoms with Gasteiger partial charge in [-0.2, -0.15) is 5.01 Å². The minimum Gasteiger partial charge on any atom is -0.314 e. The van der Waals surface area contributed by atoms with Gasteiger partial charge in [-0.15, -0.1) is 0 Å². The number of nitrogens with zero attached hydrogens (tertiary/aromatic N) is 2. The van der Waals surface area contributed by atoms with E-state index in [1.807, 2.05) is 0 Å². The van der Waals surface area contributed by atoms with E-state index in [0.717, 1.165) is 0 Å². The first-order chi connectivity index (χ1) is 4.55. The Hall–Kier alpha value is -1.10. The smallest absolute Gasteiger partial charge is 0.314 e. The fraction of sp³-hybridized carbons (Fsp3) is 0.600. The molecule has 0 spiro atoms. The van der Waals surface area contributed by atoms with E-state index >= 15 is 0 Å². The highest BCUT2D eigenvalue weighted by Gasteiger charge is 2.38. The van der Waals surface area contributed by atoms with Crippen LogP contribution in [-0.4, -0.2) is 34.9 Å². The Morgan fingerprint density at radius 3 is 2.10 bits per heavy atom. The average molecular weight is 143 g/mol. The normalized spacial score (nSPS) is 26.5. The number of hydrogen-bond donors (Lipinski definition) is 1. The average Bonchev–Trinajstić information content (AvgIpc) is 2.07. The van der Waals surface area contributed by atoms with E-state index in [4.69, 9.17) is 5.84 Å². The molecule has 10 heavy (non-hydrogen) atoms. The van der Waals surface area contributed by atoms with Gasteiger partial charge in [-0.05, 0) is 6.92 Å². The van der Waals surface area contributed by atoms with Crippen LogP contribution in [0.5, 0.6) is 0 Å². The van der Waals surface area contributed by atoms with Crippen LogP contribution >= 0.6 is 0 Å². The number of hydrazine groups is 1. The van der Waals surface area contributed by atoms with E-state index in [-0.39, 0.29) is 5.91 Å². The fourth-order valence-electron chi connectivity index (χ4n) is 0.797. The third kappa shape index (κ3) is 0.672. The molecule has 1 fully saturated rings. The van der Waals surface area contributed by atoms with E-state index in [0.29, 0.717) is 5.01 Å². The molecule has 0 radical (unpaired) electrons. The van der Waals surface area contributed by atoms with Crippen molar-refractivity contribution in [2.45, 2.75) is 13.0 Å². The lowest BCUT2D eigenvalue weighted by Crippen LogP contribution is -2.37. The Labute approximate surface area is 58.3 Å². The van der Waals surface area contributed by atoms with Crippen molar-refractivity contribution >= 4 is 11.9 Å². The van der Waals surface area contributed by atoms with Gasteiger partial charge in [-0.3, -0.25) is 4.79 Å². The number of carbonyl (C=O) groups is 2. The van der Waals surface area contributed by atoms with Gasteiger partial charge in [0, 0.05) is 7.05 Å². The van der Waals surface area contributed by atoms with Gasteiger partial charge in [0.2, 0.25) is 0 Å². The summed E-state index contributed by atoms with van der Waals surface area (Å²) in [7, 11) is 1.54. The molecule has 0 aromatic carbocycles. The van der Waals surface area contributed by atoms with Gasteiger partial charge in [0.1, 0.15) is 6.04 Å². The van der Waals surface area contributed by atoms with Gasteiger partial charge in [0.05, 0.1) is 0 Å². The maximum absolute atomic E-state index is 10.9. The fourth-order valence-corrected chi connectivity index (χ4v) is 0.797. The van der Waals surface area contributed by atoms with Crippen molar-refractivity contribution in [1.82, 2.24) is 9.91 Å². The van der Waals surface area contributed by atoms with E-state index in [9.17, 15) is 9.59 Å². The Balaban J connectivity index is 2.89. The largest absolute Gasteiger partial charge is 0.341 e. The molecule has 2 N–H and O–H groups in total. The van der Waals surface area contributed by atoms with Crippen molar-refractivity contribution in [3.8, 4) is 0 Å². The molecule has 1 saturated heterocycles. The first-order valence-corrected chi connectivity index (χ1v) is 2.91. The Morgan fingerprint density at radius 1 is 1.50 bits per heavy atom. The Bertz CT molecular complexity index is 171. The van der Waals surface area contributed by atoms with Crippen LogP contribution in [0.4, 0.5) is 4.79 Å². The predicted octanol–water partition coefficient (Wildman–Crippen LogP) is -0.857. The van der Waals surface area contributed by atoms with Crippen molar-refractivity contribution in [2.24, 2.45) is 5.84 Å². The second kappa shape index (κ2) is 1.95. The number of hydrogen-bond acceptors (Lipinski definition) is 3. The first-order valence-electron chi connectivity index (χ1n) is 2.91. The predicted molar refractivity (Wildman–Crippen MR) is 33.7 cm³/mol. The molecule has 1 rings (SSSR count). The molecular weight excluding hydrogens is 134 g/mol. The molecule has 1 aliphatic heterocycles. The molecule has 0 bridgehead atoms. The number of carbonyl (C=O) groups excluding carboxylic acids is 2. The molecule has 0 aliphatic carbocycles. The van der Waals surface area contributed by atoms with E-state index in [1.165, 1.54) is 11.9 Å². The molecular formula is C5H9N3O2. The van der Waals surface area contributed by atoms with Crippen LogP contribution in [-0.2, 0) is 4.79 Å². The Kier molecular flexibility index (Phi) is 1.37. The summed E-state index contributed by atoms with van der Waals surface area (Å²) in [6.07, 6.45) is 0. The molecule has 0 aromatic rings. The summed E-state index contributed by atoms with van der Waals surface area (Å²) in [4.78, 5) is 23.0. The monoisotopic (exact) mass is 143 g/mol. The third-order valence-electron chi connectivity index (χ3n) is 1.68. The second-order valence-corrected chi connectivity index (χ2v) is 2.28. The zero-order chi connectivity index (χ0) is 7.89. The maximum Gasteiger partial charge on any atom is 0.341 e. The van der Waals surface area contributed by atoms with Crippen molar-refractivity contribution in [3.63, 3.8) is 0 Å². The highest BCUT2D eigenvalue weighted by atomic mass is 16.2. The summed E-state index contributed by atoms with van der Waals surface area (Å²) in [5.74, 6) is 4.74. The number of likely N-dealkylation sites (N-methyl/N-ethyl adjacent to an activating group) is 1. The highest BCUT2D eigenvalue weighted by molar-refractivity contribution is 6.03. The van der Waals surface area contributed by atoms with E-state index in [2.05, 4.69) is 0 Å². The summed E-state index contributed by atoms with van der Waals surface area (Å²) in [5.41, 5.74) is 0. The molecule has 5 heteroatoms. The van der Waals surface area contributed by atoms with Crippen LogP contribution in [0.1, 0.15) is 6.92 Å². The molecule has 56 valence electrons. The number of rotatable bonds is 0. The lowest BCUT2D eigenvalue weighted by Gasteiger charge is -2.09. The van der Waals surface area contributed by atoms with Crippen molar-refractivity contribution in [1.29, 1.82) is 0 Å². The van der Waals surface area contributed by atoms with Gasteiger partial charge < -0.3 is 4.90 Å². The summed E-state index contributed by atoms with van der Waals surface area (Å²) in [6, 6.07) is -0.866. The van der Waals surface area contributed by atoms with Crippen LogP contribution in [0.15, 0.2) is 0 Å². The molecule has 1 atom stereocenters. The van der Waals surface area contributed by atoms with Gasteiger partial charge >= 0.3 is 6.03 Å². The van der Waals surface area contributed by atoms with Crippen molar-refractivity contribution in [2.75, 3.05) is 7.05 Å². The minimum absolute atomic E-state index is 0.354. The second-order valence-electron chi connectivity index (χ2n) is 2.28. The first kappa shape index (κ1) is 7.01. The zero-order valence-corrected chi connectivity index (χ0v) is 5.87. The maximum atomic E-state index is 10.9. The van der Waals surface area contributed by atoms with Crippen LogP contribution in [0.3, 0.4) is 0 Å². The SMILES string of the molecule is C[C@@H]1C(=O)N(N)C(=O)N1C. The minimum atomic E-state index is -0.447. The quantitative estimate of drug-likeness (QED) is 0.272. The standard InChI is InChI=1S/C5H9N3O2/c1-3-4(9)8(6)5(10)7(3)2/h3H,6H2,1-2H3/t3-/m1/s1. The summed E-state index contributed by atoms with van der Waals surface area (Å²) >= 11 is 0. The zero-order valence-electron chi connectivity index (χ0n) is 5.87. The number of imide groups is 1. The highest BCUT2D eigenvalue weighted by Crippen LogP contribution is 2.10. The van der Waals surface area contributed by atoms with Crippen LogP contribution < -0.4 is 5.84 Å². The summed E-state index contributed by atoms with van der Waals surface area (Å²) < 4.78 is 0. The van der Waals surface area contributed by atoms with Crippen LogP contribution in [0.2, 0.25) is 0 Å². The van der Waals surface area contributed by atoms with Gasteiger partial charge in [0.15, 0.2) is 0 Å². The van der Waals surface area contributed by atoms with Crippen LogP contribution in [0.25, 0.3) is 0 Å². The molecule has 5 nitrogen and oxygen atoms in total. The molecule has 3 amide bonds. The van der Waals surface area contributed by atoms with E-state index in [1.54, 1.807) is 6.92 Å². The molecule has 0 unspecified atom stereocenters. The van der Waals surface area contributed by atoms with Crippen molar-refractivity contribution < 1.29 is 9.59 Å². The van der Waals surface area contributed by atoms with Crippen molar-refractivity contribution in [3.05, 3.63) is 0 Å². The summed E-state index contributed by atoms with van der Waals surface area (Å²) in [6.45, 7) is 1.63. The molecule has 1 heterocycles. The number of urea groups is 1. The molecule has 1 aliphatic rings. The van der Waals surface area contributed by atoms with Gasteiger partial charge in [0.25, 0.3) is 5.91 Å². The van der Waals surface area contributed by atoms with Crippen LogP contribution in [0, 0.1) is 0 Å². The van der Waals surface area contributed by atoms with Gasteiger partial charge in [-0.1, -0.05) is 0 Å².